The molecule has 2 rings (SSSR count). The smallest absolute Gasteiger partial charge is 0.0440 e. The van der Waals surface area contributed by atoms with E-state index in [1.165, 1.54) is 29.5 Å². The Morgan fingerprint density at radius 3 is 2.50 bits per heavy atom. The molecule has 1 aliphatic rings. The summed E-state index contributed by atoms with van der Waals surface area (Å²) in [4.78, 5) is 0. The molecule has 0 saturated heterocycles. The minimum Gasteiger partial charge on any atom is -0.324 e. The number of nitrogens with two attached hydrogens (primary N) is 1. The second kappa shape index (κ2) is 3.92. The largest absolute Gasteiger partial charge is 0.324 e. The molecule has 0 bridgehead atoms. The standard InChI is InChI=1S/C12H16ClN/c1-8(14)9-6-7-12(13)11-5-3-2-4-10(9)11/h6-8H,2-5,14H2,1H3. The van der Waals surface area contributed by atoms with Crippen molar-refractivity contribution < 1.29 is 0 Å². The average Bonchev–Trinajstić information content (AvgIpc) is 2.18. The minimum atomic E-state index is 0.124. The van der Waals surface area contributed by atoms with Crippen molar-refractivity contribution in [1.29, 1.82) is 0 Å². The fourth-order valence-corrected chi connectivity index (χ4v) is 2.55. The molecule has 1 aromatic carbocycles. The molecule has 1 unspecified atom stereocenters. The van der Waals surface area contributed by atoms with Gasteiger partial charge in [0.2, 0.25) is 0 Å². The zero-order valence-corrected chi connectivity index (χ0v) is 9.27. The van der Waals surface area contributed by atoms with Gasteiger partial charge in [-0.1, -0.05) is 17.7 Å². The molecule has 0 radical (unpaired) electrons. The van der Waals surface area contributed by atoms with Crippen LogP contribution < -0.4 is 5.73 Å². The highest BCUT2D eigenvalue weighted by atomic mass is 35.5. The Morgan fingerprint density at radius 2 is 1.86 bits per heavy atom. The quantitative estimate of drug-likeness (QED) is 0.755. The molecule has 1 aromatic rings. The molecule has 0 fully saturated rings. The summed E-state index contributed by atoms with van der Waals surface area (Å²) in [6, 6.07) is 4.20. The van der Waals surface area contributed by atoms with Gasteiger partial charge < -0.3 is 5.73 Å². The van der Waals surface area contributed by atoms with Crippen molar-refractivity contribution in [1.82, 2.24) is 0 Å². The van der Waals surface area contributed by atoms with E-state index in [1.54, 1.807) is 0 Å². The fourth-order valence-electron chi connectivity index (χ4n) is 2.28. The molecule has 0 amide bonds. The van der Waals surface area contributed by atoms with Crippen LogP contribution in [0, 0.1) is 0 Å². The van der Waals surface area contributed by atoms with Crippen molar-refractivity contribution in [2.24, 2.45) is 5.73 Å². The summed E-state index contributed by atoms with van der Waals surface area (Å²) in [5.74, 6) is 0. The Labute approximate surface area is 90.3 Å². The van der Waals surface area contributed by atoms with E-state index in [9.17, 15) is 0 Å². The third-order valence-corrected chi connectivity index (χ3v) is 3.36. The van der Waals surface area contributed by atoms with Crippen molar-refractivity contribution >= 4 is 11.6 Å². The summed E-state index contributed by atoms with van der Waals surface area (Å²) in [7, 11) is 0. The zero-order chi connectivity index (χ0) is 10.1. The van der Waals surface area contributed by atoms with Crippen LogP contribution in [-0.2, 0) is 12.8 Å². The van der Waals surface area contributed by atoms with E-state index in [0.29, 0.717) is 0 Å². The van der Waals surface area contributed by atoms with Crippen LogP contribution in [0.5, 0.6) is 0 Å². The minimum absolute atomic E-state index is 0.124. The Balaban J connectivity index is 2.53. The van der Waals surface area contributed by atoms with Gasteiger partial charge in [-0.3, -0.25) is 0 Å². The summed E-state index contributed by atoms with van der Waals surface area (Å²) in [5.41, 5.74) is 9.98. The molecule has 76 valence electrons. The molecule has 0 aromatic heterocycles. The maximum atomic E-state index is 6.18. The number of fused-ring (bicyclic) bond motifs is 1. The summed E-state index contributed by atoms with van der Waals surface area (Å²) in [6.45, 7) is 2.04. The van der Waals surface area contributed by atoms with Crippen LogP contribution in [0.3, 0.4) is 0 Å². The van der Waals surface area contributed by atoms with Crippen LogP contribution in [0.2, 0.25) is 5.02 Å². The third kappa shape index (κ3) is 1.67. The molecule has 0 saturated carbocycles. The van der Waals surface area contributed by atoms with Crippen LogP contribution in [-0.4, -0.2) is 0 Å². The highest BCUT2D eigenvalue weighted by molar-refractivity contribution is 6.31. The topological polar surface area (TPSA) is 26.0 Å². The van der Waals surface area contributed by atoms with Gasteiger partial charge in [-0.25, -0.2) is 0 Å². The van der Waals surface area contributed by atoms with E-state index in [-0.39, 0.29) is 6.04 Å². The van der Waals surface area contributed by atoms with Crippen molar-refractivity contribution in [3.05, 3.63) is 33.8 Å². The van der Waals surface area contributed by atoms with Crippen LogP contribution >= 0.6 is 11.6 Å². The van der Waals surface area contributed by atoms with Crippen molar-refractivity contribution in [3.63, 3.8) is 0 Å². The molecule has 0 spiro atoms. The summed E-state index contributed by atoms with van der Waals surface area (Å²) < 4.78 is 0. The molecule has 2 heteroatoms. The van der Waals surface area contributed by atoms with E-state index >= 15 is 0 Å². The summed E-state index contributed by atoms with van der Waals surface area (Å²) in [5, 5.41) is 0.920. The molecular weight excluding hydrogens is 194 g/mol. The second-order valence-electron chi connectivity index (χ2n) is 4.09. The van der Waals surface area contributed by atoms with Gasteiger partial charge >= 0.3 is 0 Å². The molecule has 1 aliphatic carbocycles. The Bertz CT molecular complexity index is 344. The lowest BCUT2D eigenvalue weighted by Gasteiger charge is -2.22. The Kier molecular flexibility index (Phi) is 2.80. The Hall–Kier alpha value is -0.530. The van der Waals surface area contributed by atoms with E-state index in [0.717, 1.165) is 17.9 Å². The zero-order valence-electron chi connectivity index (χ0n) is 8.52. The van der Waals surface area contributed by atoms with Crippen LogP contribution in [0.25, 0.3) is 0 Å². The van der Waals surface area contributed by atoms with Gasteiger partial charge in [0.1, 0.15) is 0 Å². The molecular formula is C12H16ClN. The van der Waals surface area contributed by atoms with Gasteiger partial charge in [-0.05, 0) is 55.4 Å². The third-order valence-electron chi connectivity index (χ3n) is 3.00. The molecule has 0 heterocycles. The molecule has 2 N–H and O–H groups in total. The fraction of sp³-hybridized carbons (Fsp3) is 0.500. The second-order valence-corrected chi connectivity index (χ2v) is 4.50. The molecule has 1 nitrogen and oxygen atoms in total. The number of hydrogen-bond acceptors (Lipinski definition) is 1. The number of rotatable bonds is 1. The monoisotopic (exact) mass is 209 g/mol. The van der Waals surface area contributed by atoms with E-state index in [4.69, 9.17) is 17.3 Å². The maximum absolute atomic E-state index is 6.18. The van der Waals surface area contributed by atoms with Crippen molar-refractivity contribution in [3.8, 4) is 0 Å². The highest BCUT2D eigenvalue weighted by Crippen LogP contribution is 2.32. The number of halogens is 1. The first-order chi connectivity index (χ1) is 6.70. The number of benzene rings is 1. The lowest BCUT2D eigenvalue weighted by Crippen LogP contribution is -2.13. The molecule has 1 atom stereocenters. The van der Waals surface area contributed by atoms with Crippen molar-refractivity contribution in [2.45, 2.75) is 38.6 Å². The Morgan fingerprint density at radius 1 is 1.21 bits per heavy atom. The van der Waals surface area contributed by atoms with Crippen LogP contribution in [0.4, 0.5) is 0 Å². The lowest BCUT2D eigenvalue weighted by molar-refractivity contribution is 0.667. The van der Waals surface area contributed by atoms with Gasteiger partial charge in [0.15, 0.2) is 0 Å². The van der Waals surface area contributed by atoms with E-state index < -0.39 is 0 Å². The first-order valence-corrected chi connectivity index (χ1v) is 5.63. The van der Waals surface area contributed by atoms with Gasteiger partial charge in [0.25, 0.3) is 0 Å². The van der Waals surface area contributed by atoms with Gasteiger partial charge in [0.05, 0.1) is 0 Å². The molecule has 0 aliphatic heterocycles. The number of hydrogen-bond donors (Lipinski definition) is 1. The summed E-state index contributed by atoms with van der Waals surface area (Å²) >= 11 is 6.18. The van der Waals surface area contributed by atoms with Crippen LogP contribution in [0.15, 0.2) is 12.1 Å². The van der Waals surface area contributed by atoms with Gasteiger partial charge in [-0.15, -0.1) is 0 Å². The average molecular weight is 210 g/mol. The molecule has 14 heavy (non-hydrogen) atoms. The first kappa shape index (κ1) is 10.0. The van der Waals surface area contributed by atoms with E-state index in [2.05, 4.69) is 6.07 Å². The SMILES string of the molecule is CC(N)c1ccc(Cl)c2c1CCCC2. The summed E-state index contributed by atoms with van der Waals surface area (Å²) in [6.07, 6.45) is 4.80. The van der Waals surface area contributed by atoms with Gasteiger partial charge in [0, 0.05) is 11.1 Å². The van der Waals surface area contributed by atoms with Crippen LogP contribution in [0.1, 0.15) is 42.5 Å². The normalized spacial score (nSPS) is 17.6. The highest BCUT2D eigenvalue weighted by Gasteiger charge is 2.17. The lowest BCUT2D eigenvalue weighted by atomic mass is 9.86. The predicted molar refractivity (Wildman–Crippen MR) is 60.7 cm³/mol. The maximum Gasteiger partial charge on any atom is 0.0440 e. The van der Waals surface area contributed by atoms with Crippen molar-refractivity contribution in [2.75, 3.05) is 0 Å². The van der Waals surface area contributed by atoms with Gasteiger partial charge in [-0.2, -0.15) is 0 Å². The van der Waals surface area contributed by atoms with E-state index in [1.807, 2.05) is 13.0 Å². The first-order valence-electron chi connectivity index (χ1n) is 5.26. The predicted octanol–water partition coefficient (Wildman–Crippen LogP) is 3.24.